The number of amides is 1. The number of imidazole rings is 1. The number of carbonyl (C=O) groups is 3. The van der Waals surface area contributed by atoms with E-state index in [2.05, 4.69) is 63.0 Å². The fourth-order valence-electron chi connectivity index (χ4n) is 16.8. The summed E-state index contributed by atoms with van der Waals surface area (Å²) in [5.74, 6) is 0.995. The second kappa shape index (κ2) is 16.1. The van der Waals surface area contributed by atoms with Gasteiger partial charge in [-0.3, -0.25) is 19.4 Å². The summed E-state index contributed by atoms with van der Waals surface area (Å²) in [6, 6.07) is 3.72. The molecule has 0 radical (unpaired) electrons. The minimum absolute atomic E-state index is 0.0518. The van der Waals surface area contributed by atoms with Gasteiger partial charge in [0.05, 0.1) is 48.3 Å². The van der Waals surface area contributed by atoms with E-state index in [1.807, 2.05) is 38.4 Å². The first-order valence-electron chi connectivity index (χ1n) is 24.7. The lowest BCUT2D eigenvalue weighted by Gasteiger charge is -2.73. The van der Waals surface area contributed by atoms with Gasteiger partial charge in [-0.05, 0) is 141 Å². The normalized spacial score (nSPS) is 41.7. The van der Waals surface area contributed by atoms with E-state index in [9.17, 15) is 14.7 Å². The van der Waals surface area contributed by atoms with Crippen LogP contribution in [-0.2, 0) is 28.6 Å². The van der Waals surface area contributed by atoms with Gasteiger partial charge in [-0.2, -0.15) is 0 Å². The van der Waals surface area contributed by atoms with Crippen LogP contribution < -0.4 is 0 Å². The van der Waals surface area contributed by atoms with Crippen LogP contribution in [0, 0.1) is 73.9 Å². The summed E-state index contributed by atoms with van der Waals surface area (Å²) < 4.78 is 18.2. The zero-order valence-corrected chi connectivity index (χ0v) is 40.2. The van der Waals surface area contributed by atoms with Crippen molar-refractivity contribution in [2.24, 2.45) is 73.9 Å². The molecule has 0 bridgehead atoms. The van der Waals surface area contributed by atoms with Crippen LogP contribution in [0.4, 0.5) is 0 Å². The van der Waals surface area contributed by atoms with Gasteiger partial charge in [0.15, 0.2) is 0 Å². The number of rotatable bonds is 11. The summed E-state index contributed by atoms with van der Waals surface area (Å²) in [4.78, 5) is 56.6. The van der Waals surface area contributed by atoms with Gasteiger partial charge in [0, 0.05) is 49.6 Å². The van der Waals surface area contributed by atoms with Gasteiger partial charge < -0.3 is 29.2 Å². The van der Waals surface area contributed by atoms with Gasteiger partial charge in [-0.15, -0.1) is 0 Å². The lowest BCUT2D eigenvalue weighted by Crippen LogP contribution is -2.67. The maximum absolute atomic E-state index is 15.9. The molecule has 9 rings (SSSR count). The van der Waals surface area contributed by atoms with Gasteiger partial charge in [-0.1, -0.05) is 60.6 Å². The maximum atomic E-state index is 15.9. The summed E-state index contributed by atoms with van der Waals surface area (Å²) in [7, 11) is 1.69. The number of methoxy groups -OCH3 is 1. The van der Waals surface area contributed by atoms with Crippen molar-refractivity contribution in [2.45, 2.75) is 151 Å². The Labute approximate surface area is 381 Å². The number of aromatic nitrogens is 3. The molecular formula is C53H76N4O7. The Morgan fingerprint density at radius 3 is 2.36 bits per heavy atom. The molecule has 3 heterocycles. The molecule has 14 atom stereocenters. The number of nitrogens with zero attached hydrogens (tertiary/aromatic N) is 3. The number of aromatic amines is 1. The Hall–Kier alpha value is -3.57. The van der Waals surface area contributed by atoms with E-state index in [1.165, 1.54) is 5.57 Å². The third-order valence-electron chi connectivity index (χ3n) is 20.6. The maximum Gasteiger partial charge on any atom is 0.309 e. The van der Waals surface area contributed by atoms with Gasteiger partial charge in [0.1, 0.15) is 11.9 Å². The standard InChI is InChI=1S/C53H76N4O7/c1-31(2)34-15-20-53(47(61)57-30-33(63-25-24-62-10)26-39(57)44-55-29-38(56-44)32-12-11-23-54-28-32)22-21-51(8)35(43(34)53)13-14-41-50(7)18-17-42(49(5,6)40(50)16-19-52(41,51)9)64-46(60)37-27-36(45(58)59)48(37,3)4/h11-12,23,28-29,33-37,39-43H,1,13-22,24-27,30H2,2-10H3,(H,55,56)(H,58,59)/t33-,34+,35-,36+,37-,39+,40+,41-,42+,43-,50+,51-,52-,53+/m1/s1. The van der Waals surface area contributed by atoms with E-state index < -0.39 is 22.7 Å². The second-order valence-corrected chi connectivity index (χ2v) is 23.7. The largest absolute Gasteiger partial charge is 0.481 e. The molecule has 0 aromatic carbocycles. The summed E-state index contributed by atoms with van der Waals surface area (Å²) in [6.45, 7) is 24.7. The predicted molar refractivity (Wildman–Crippen MR) is 244 cm³/mol. The zero-order chi connectivity index (χ0) is 45.8. The van der Waals surface area contributed by atoms with E-state index >= 15 is 4.79 Å². The molecule has 0 unspecified atom stereocenters. The summed E-state index contributed by atoms with van der Waals surface area (Å²) >= 11 is 0. The number of allylic oxidation sites excluding steroid dienone is 1. The molecule has 0 spiro atoms. The second-order valence-electron chi connectivity index (χ2n) is 23.7. The third kappa shape index (κ3) is 6.71. The Bertz CT molecular complexity index is 2140. The minimum Gasteiger partial charge on any atom is -0.481 e. The average molecular weight is 881 g/mol. The monoisotopic (exact) mass is 881 g/mol. The van der Waals surface area contributed by atoms with E-state index in [0.717, 1.165) is 81.3 Å². The average Bonchev–Trinajstić information content (AvgIpc) is 4.00. The van der Waals surface area contributed by atoms with Crippen LogP contribution in [0.15, 0.2) is 42.9 Å². The fourth-order valence-corrected chi connectivity index (χ4v) is 16.8. The molecule has 350 valence electrons. The highest BCUT2D eigenvalue weighted by Gasteiger charge is 2.73. The number of hydrogen-bond donors (Lipinski definition) is 2. The number of carboxylic acids is 1. The molecule has 64 heavy (non-hydrogen) atoms. The van der Waals surface area contributed by atoms with E-state index in [1.54, 1.807) is 13.3 Å². The Kier molecular flexibility index (Phi) is 11.4. The number of fused-ring (bicyclic) bond motifs is 7. The Morgan fingerprint density at radius 1 is 0.891 bits per heavy atom. The summed E-state index contributed by atoms with van der Waals surface area (Å²) in [6.07, 6.45) is 16.4. The van der Waals surface area contributed by atoms with Gasteiger partial charge in [0.25, 0.3) is 0 Å². The van der Waals surface area contributed by atoms with E-state index in [4.69, 9.17) is 19.2 Å². The van der Waals surface area contributed by atoms with Crippen LogP contribution in [0.3, 0.4) is 0 Å². The van der Waals surface area contributed by atoms with Gasteiger partial charge >= 0.3 is 11.9 Å². The molecule has 6 saturated carbocycles. The minimum atomic E-state index is -0.825. The molecule has 6 aliphatic carbocycles. The fraction of sp³-hybridized carbons (Fsp3) is 0.755. The summed E-state index contributed by atoms with van der Waals surface area (Å²) in [5.41, 5.74) is 1.92. The summed E-state index contributed by atoms with van der Waals surface area (Å²) in [5, 5.41) is 9.73. The quantitative estimate of drug-likeness (QED) is 0.128. The lowest BCUT2D eigenvalue weighted by atomic mass is 9.32. The number of aliphatic carboxylic acids is 1. The molecular weight excluding hydrogens is 805 g/mol. The van der Waals surface area contributed by atoms with Gasteiger partial charge in [0.2, 0.25) is 5.91 Å². The van der Waals surface area contributed by atoms with Gasteiger partial charge in [-0.25, -0.2) is 4.98 Å². The molecule has 7 aliphatic rings. The molecule has 1 saturated heterocycles. The first-order valence-corrected chi connectivity index (χ1v) is 24.7. The molecule has 2 aromatic heterocycles. The van der Waals surface area contributed by atoms with Crippen LogP contribution in [0.25, 0.3) is 11.3 Å². The topological polar surface area (TPSA) is 144 Å². The van der Waals surface area contributed by atoms with Crippen LogP contribution in [0.2, 0.25) is 0 Å². The van der Waals surface area contributed by atoms with Crippen LogP contribution in [0.5, 0.6) is 0 Å². The molecule has 11 nitrogen and oxygen atoms in total. The highest BCUT2D eigenvalue weighted by atomic mass is 16.5. The number of hydrogen-bond acceptors (Lipinski definition) is 8. The first kappa shape index (κ1) is 45.6. The molecule has 1 aliphatic heterocycles. The molecule has 2 aromatic rings. The number of likely N-dealkylation sites (tertiary alicyclic amines) is 1. The zero-order valence-electron chi connectivity index (χ0n) is 40.2. The van der Waals surface area contributed by atoms with Crippen LogP contribution in [0.1, 0.15) is 144 Å². The Morgan fingerprint density at radius 2 is 1.67 bits per heavy atom. The van der Waals surface area contributed by atoms with Crippen molar-refractivity contribution in [1.29, 1.82) is 0 Å². The van der Waals surface area contributed by atoms with Crippen molar-refractivity contribution in [3.05, 3.63) is 48.7 Å². The number of H-pyrrole nitrogens is 1. The van der Waals surface area contributed by atoms with Crippen molar-refractivity contribution in [2.75, 3.05) is 26.9 Å². The van der Waals surface area contributed by atoms with E-state index in [-0.39, 0.29) is 63.6 Å². The van der Waals surface area contributed by atoms with Crippen molar-refractivity contribution in [3.8, 4) is 11.3 Å². The number of nitrogens with one attached hydrogen (secondary N) is 1. The number of pyridine rings is 1. The molecule has 7 fully saturated rings. The highest BCUT2D eigenvalue weighted by molar-refractivity contribution is 5.85. The predicted octanol–water partition coefficient (Wildman–Crippen LogP) is 10.1. The smallest absolute Gasteiger partial charge is 0.309 e. The van der Waals surface area contributed by atoms with Crippen LogP contribution >= 0.6 is 0 Å². The number of carboxylic acid groups (broad SMARTS) is 1. The SMILES string of the molecule is C=C(C)[C@@H]1CC[C@]2(C(=O)N3C[C@H](OCCOC)C[C@H]3c3nc(-c4cccnc4)c[nH]3)CC[C@]3(C)[C@H](CC[C@@H]4[C@@]5(C)CC[C@H](OC(=O)[C@H]6C[C@@H](C(=O)O)C6(C)C)C(C)(C)[C@@H]5CC[C@]43C)[C@@H]12. The number of carbonyl (C=O) groups excluding carboxylic acids is 2. The number of esters is 1. The third-order valence-corrected chi connectivity index (χ3v) is 20.6. The first-order chi connectivity index (χ1) is 30.2. The molecule has 1 amide bonds. The molecule has 11 heteroatoms. The van der Waals surface area contributed by atoms with Crippen LogP contribution in [-0.4, -0.2) is 81.9 Å². The highest BCUT2D eigenvalue weighted by Crippen LogP contribution is 2.78. The lowest BCUT2D eigenvalue weighted by molar-refractivity contribution is -0.251. The molecule has 2 N–H and O–H groups in total. The van der Waals surface area contributed by atoms with Crippen molar-refractivity contribution in [1.82, 2.24) is 19.9 Å². The van der Waals surface area contributed by atoms with E-state index in [0.29, 0.717) is 56.3 Å². The van der Waals surface area contributed by atoms with Crippen molar-refractivity contribution < 1.29 is 33.7 Å². The van der Waals surface area contributed by atoms with Crippen molar-refractivity contribution >= 4 is 17.8 Å². The van der Waals surface area contributed by atoms with Crippen molar-refractivity contribution in [3.63, 3.8) is 0 Å². The Balaban J connectivity index is 0.983. The number of ether oxygens (including phenoxy) is 3.